The third-order valence-electron chi connectivity index (χ3n) is 3.59. The number of anilines is 1. The first-order chi connectivity index (χ1) is 9.99. The molecular weight excluding hydrogens is 333 g/mol. The van der Waals surface area contributed by atoms with Gasteiger partial charge in [-0.2, -0.15) is 0 Å². The summed E-state index contributed by atoms with van der Waals surface area (Å²) in [4.78, 5) is 14.2. The Hall–Kier alpha value is -0.520. The molecule has 0 spiro atoms. The van der Waals surface area contributed by atoms with Gasteiger partial charge in [0.25, 0.3) is 0 Å². The molecule has 4 nitrogen and oxygen atoms in total. The molecule has 0 bridgehead atoms. The third kappa shape index (κ3) is 4.73. The molecule has 1 fully saturated rings. The summed E-state index contributed by atoms with van der Waals surface area (Å²) in [5.41, 5.74) is 6.17. The average Bonchev–Trinajstić information content (AvgIpc) is 2.45. The van der Waals surface area contributed by atoms with E-state index in [1.165, 1.54) is 6.07 Å². The van der Waals surface area contributed by atoms with E-state index in [9.17, 15) is 4.79 Å². The van der Waals surface area contributed by atoms with Crippen molar-refractivity contribution in [2.24, 2.45) is 11.7 Å². The van der Waals surface area contributed by atoms with Gasteiger partial charge in [0.05, 0.1) is 27.3 Å². The largest absolute Gasteiger partial charge is 0.330 e. The number of hydrogen-bond acceptors (Lipinski definition) is 3. The molecule has 3 N–H and O–H groups in total. The number of nitrogens with zero attached hydrogens (tertiary/aromatic N) is 1. The second kappa shape index (κ2) is 7.65. The monoisotopic (exact) mass is 349 g/mol. The lowest BCUT2D eigenvalue weighted by Crippen LogP contribution is -2.42. The minimum absolute atomic E-state index is 0.118. The highest BCUT2D eigenvalue weighted by atomic mass is 35.5. The molecule has 0 aromatic heterocycles. The summed E-state index contributed by atoms with van der Waals surface area (Å²) >= 11 is 17.8. The number of piperidine rings is 1. The second-order valence-corrected chi connectivity index (χ2v) is 6.50. The minimum atomic E-state index is -0.118. The van der Waals surface area contributed by atoms with Crippen molar-refractivity contribution in [3.8, 4) is 0 Å². The van der Waals surface area contributed by atoms with Crippen molar-refractivity contribution in [1.82, 2.24) is 4.90 Å². The average molecular weight is 351 g/mol. The predicted octanol–water partition coefficient (Wildman–Crippen LogP) is 3.26. The van der Waals surface area contributed by atoms with E-state index in [0.717, 1.165) is 25.9 Å². The molecule has 0 radical (unpaired) electrons. The fraction of sp³-hybridized carbons (Fsp3) is 0.500. The van der Waals surface area contributed by atoms with E-state index >= 15 is 0 Å². The van der Waals surface area contributed by atoms with Crippen LogP contribution in [0.25, 0.3) is 0 Å². The summed E-state index contributed by atoms with van der Waals surface area (Å²) in [6.07, 6.45) is 2.20. The van der Waals surface area contributed by atoms with Crippen LogP contribution in [0.15, 0.2) is 12.1 Å². The van der Waals surface area contributed by atoms with Crippen LogP contribution in [0.3, 0.4) is 0 Å². The van der Waals surface area contributed by atoms with Crippen molar-refractivity contribution in [3.63, 3.8) is 0 Å². The molecule has 1 unspecified atom stereocenters. The SMILES string of the molecule is NCC1CCCN(CC(=O)Nc2cc(Cl)c(Cl)cc2Cl)C1. The molecule has 1 aliphatic rings. The molecular formula is C14H18Cl3N3O. The summed E-state index contributed by atoms with van der Waals surface area (Å²) in [6.45, 7) is 2.77. The third-order valence-corrected chi connectivity index (χ3v) is 4.62. The second-order valence-electron chi connectivity index (χ2n) is 5.27. The molecule has 0 saturated carbocycles. The van der Waals surface area contributed by atoms with E-state index in [1.54, 1.807) is 6.07 Å². The summed E-state index contributed by atoms with van der Waals surface area (Å²) in [6, 6.07) is 3.08. The predicted molar refractivity (Wildman–Crippen MR) is 88.3 cm³/mol. The number of likely N-dealkylation sites (tertiary alicyclic amines) is 1. The van der Waals surface area contributed by atoms with Gasteiger partial charge in [-0.15, -0.1) is 0 Å². The molecule has 21 heavy (non-hydrogen) atoms. The molecule has 1 atom stereocenters. The first-order valence-corrected chi connectivity index (χ1v) is 7.99. The molecule has 1 saturated heterocycles. The van der Waals surface area contributed by atoms with E-state index in [2.05, 4.69) is 10.2 Å². The Morgan fingerprint density at radius 1 is 1.29 bits per heavy atom. The number of carbonyl (C=O) groups excluding carboxylic acids is 1. The molecule has 1 amide bonds. The highest BCUT2D eigenvalue weighted by Crippen LogP contribution is 2.32. The first-order valence-electron chi connectivity index (χ1n) is 6.86. The maximum atomic E-state index is 12.1. The zero-order valence-electron chi connectivity index (χ0n) is 11.5. The van der Waals surface area contributed by atoms with E-state index in [-0.39, 0.29) is 5.91 Å². The maximum Gasteiger partial charge on any atom is 0.238 e. The number of halogens is 3. The van der Waals surface area contributed by atoms with Crippen molar-refractivity contribution < 1.29 is 4.79 Å². The Labute approximate surface area is 139 Å². The molecule has 1 heterocycles. The van der Waals surface area contributed by atoms with Crippen molar-refractivity contribution in [2.45, 2.75) is 12.8 Å². The topological polar surface area (TPSA) is 58.4 Å². The Morgan fingerprint density at radius 2 is 2.00 bits per heavy atom. The number of nitrogens with one attached hydrogen (secondary N) is 1. The lowest BCUT2D eigenvalue weighted by atomic mass is 9.98. The van der Waals surface area contributed by atoms with E-state index < -0.39 is 0 Å². The molecule has 116 valence electrons. The van der Waals surface area contributed by atoms with Crippen LogP contribution >= 0.6 is 34.8 Å². The van der Waals surface area contributed by atoms with E-state index in [0.29, 0.717) is 39.8 Å². The molecule has 0 aliphatic carbocycles. The van der Waals surface area contributed by atoms with Crippen molar-refractivity contribution in [3.05, 3.63) is 27.2 Å². The quantitative estimate of drug-likeness (QED) is 0.820. The first kappa shape index (κ1) is 16.8. The van der Waals surface area contributed by atoms with Crippen molar-refractivity contribution >= 4 is 46.4 Å². The highest BCUT2D eigenvalue weighted by molar-refractivity contribution is 6.44. The van der Waals surface area contributed by atoms with Gasteiger partial charge in [0.1, 0.15) is 0 Å². The summed E-state index contributed by atoms with van der Waals surface area (Å²) in [5.74, 6) is 0.355. The Morgan fingerprint density at radius 3 is 2.71 bits per heavy atom. The van der Waals surface area contributed by atoms with Gasteiger partial charge >= 0.3 is 0 Å². The molecule has 1 aromatic carbocycles. The van der Waals surface area contributed by atoms with Crippen LogP contribution in [0, 0.1) is 5.92 Å². The van der Waals surface area contributed by atoms with Gasteiger partial charge in [0.15, 0.2) is 0 Å². The minimum Gasteiger partial charge on any atom is -0.330 e. The lowest BCUT2D eigenvalue weighted by molar-refractivity contribution is -0.117. The fourth-order valence-corrected chi connectivity index (χ4v) is 3.09. The highest BCUT2D eigenvalue weighted by Gasteiger charge is 2.21. The van der Waals surface area contributed by atoms with Gasteiger partial charge in [0.2, 0.25) is 5.91 Å². The van der Waals surface area contributed by atoms with Crippen LogP contribution in [0.1, 0.15) is 12.8 Å². The standard InChI is InChI=1S/C14H18Cl3N3O/c15-10-4-12(17)13(5-11(10)16)19-14(21)8-20-3-1-2-9(6-18)7-20/h4-5,9H,1-3,6-8,18H2,(H,19,21). The van der Waals surface area contributed by atoms with Gasteiger partial charge in [-0.05, 0) is 44.0 Å². The smallest absolute Gasteiger partial charge is 0.238 e. The maximum absolute atomic E-state index is 12.1. The summed E-state index contributed by atoms with van der Waals surface area (Å²) < 4.78 is 0. The summed E-state index contributed by atoms with van der Waals surface area (Å²) in [5, 5.41) is 3.86. The number of hydrogen-bond donors (Lipinski definition) is 2. The number of rotatable bonds is 4. The summed E-state index contributed by atoms with van der Waals surface area (Å²) in [7, 11) is 0. The van der Waals surface area contributed by atoms with Crippen LogP contribution in [0.4, 0.5) is 5.69 Å². The van der Waals surface area contributed by atoms with E-state index in [1.807, 2.05) is 0 Å². The van der Waals surface area contributed by atoms with Crippen molar-refractivity contribution in [2.75, 3.05) is 31.5 Å². The lowest BCUT2D eigenvalue weighted by Gasteiger charge is -2.31. The van der Waals surface area contributed by atoms with Gasteiger partial charge in [-0.25, -0.2) is 0 Å². The van der Waals surface area contributed by atoms with Crippen LogP contribution in [-0.4, -0.2) is 37.0 Å². The van der Waals surface area contributed by atoms with E-state index in [4.69, 9.17) is 40.5 Å². The Kier molecular flexibility index (Phi) is 6.14. The molecule has 2 rings (SSSR count). The zero-order chi connectivity index (χ0) is 15.4. The molecule has 1 aromatic rings. The van der Waals surface area contributed by atoms with Crippen LogP contribution in [0.5, 0.6) is 0 Å². The number of amides is 1. The Bertz CT molecular complexity index is 524. The van der Waals surface area contributed by atoms with Crippen LogP contribution in [0.2, 0.25) is 15.1 Å². The fourth-order valence-electron chi connectivity index (χ4n) is 2.50. The normalized spacial score (nSPS) is 19.5. The number of carbonyl (C=O) groups is 1. The number of benzene rings is 1. The van der Waals surface area contributed by atoms with Gasteiger partial charge in [-0.3, -0.25) is 9.69 Å². The van der Waals surface area contributed by atoms with Crippen molar-refractivity contribution in [1.29, 1.82) is 0 Å². The Balaban J connectivity index is 1.94. The van der Waals surface area contributed by atoms with Gasteiger partial charge < -0.3 is 11.1 Å². The van der Waals surface area contributed by atoms with Gasteiger partial charge in [-0.1, -0.05) is 34.8 Å². The molecule has 1 aliphatic heterocycles. The van der Waals surface area contributed by atoms with Crippen LogP contribution in [-0.2, 0) is 4.79 Å². The molecule has 7 heteroatoms. The van der Waals surface area contributed by atoms with Crippen LogP contribution < -0.4 is 11.1 Å². The zero-order valence-corrected chi connectivity index (χ0v) is 13.8. The number of nitrogens with two attached hydrogens (primary N) is 1. The van der Waals surface area contributed by atoms with Gasteiger partial charge in [0, 0.05) is 6.54 Å².